The van der Waals surface area contributed by atoms with Gasteiger partial charge in [-0.3, -0.25) is 14.3 Å². The zero-order valence-electron chi connectivity index (χ0n) is 14.2. The van der Waals surface area contributed by atoms with E-state index in [2.05, 4.69) is 25.2 Å². The first-order chi connectivity index (χ1) is 11.5. The number of esters is 2. The van der Waals surface area contributed by atoms with E-state index in [0.29, 0.717) is 0 Å². The highest BCUT2D eigenvalue weighted by Crippen LogP contribution is 2.15. The van der Waals surface area contributed by atoms with Gasteiger partial charge >= 0.3 is 11.9 Å². The Kier molecular flexibility index (Phi) is 8.36. The van der Waals surface area contributed by atoms with Gasteiger partial charge in [0.25, 0.3) is 5.91 Å². The number of aromatic nitrogens is 2. The fraction of sp³-hybridized carbons (Fsp3) is 0.600. The SMILES string of the molecule is COC(=O)CC(NC(=O)c1ccn(C2CCCNC2)n1)C(=O)OC.Cl. The molecule has 2 rings (SSSR count). The van der Waals surface area contributed by atoms with Gasteiger partial charge in [-0.1, -0.05) is 0 Å². The molecule has 1 aliphatic heterocycles. The third kappa shape index (κ3) is 5.71. The molecule has 10 heteroatoms. The van der Waals surface area contributed by atoms with Crippen LogP contribution in [0.25, 0.3) is 0 Å². The van der Waals surface area contributed by atoms with Crippen LogP contribution in [0.15, 0.2) is 12.3 Å². The van der Waals surface area contributed by atoms with Crippen molar-refractivity contribution in [1.82, 2.24) is 20.4 Å². The maximum absolute atomic E-state index is 12.3. The highest BCUT2D eigenvalue weighted by atomic mass is 35.5. The summed E-state index contributed by atoms with van der Waals surface area (Å²) in [4.78, 5) is 35.3. The van der Waals surface area contributed by atoms with E-state index < -0.39 is 23.9 Å². The lowest BCUT2D eigenvalue weighted by Crippen LogP contribution is -2.43. The zero-order chi connectivity index (χ0) is 17.5. The van der Waals surface area contributed by atoms with Gasteiger partial charge in [0.05, 0.1) is 26.7 Å². The molecule has 1 fully saturated rings. The minimum Gasteiger partial charge on any atom is -0.469 e. The first-order valence-electron chi connectivity index (χ1n) is 7.76. The lowest BCUT2D eigenvalue weighted by Gasteiger charge is -2.22. The van der Waals surface area contributed by atoms with Crippen molar-refractivity contribution in [3.05, 3.63) is 18.0 Å². The molecule has 0 bridgehead atoms. The average Bonchev–Trinajstić information content (AvgIpc) is 3.11. The van der Waals surface area contributed by atoms with E-state index in [9.17, 15) is 14.4 Å². The molecular formula is C15H23ClN4O5. The summed E-state index contributed by atoms with van der Waals surface area (Å²) in [7, 11) is 2.39. The second kappa shape index (κ2) is 10.00. The van der Waals surface area contributed by atoms with Gasteiger partial charge in [-0.2, -0.15) is 5.10 Å². The number of hydrogen-bond acceptors (Lipinski definition) is 7. The molecule has 2 unspecified atom stereocenters. The Labute approximate surface area is 151 Å². The quantitative estimate of drug-likeness (QED) is 0.677. The van der Waals surface area contributed by atoms with E-state index in [1.807, 2.05) is 0 Å². The van der Waals surface area contributed by atoms with Crippen molar-refractivity contribution in [1.29, 1.82) is 0 Å². The number of carbonyl (C=O) groups is 3. The van der Waals surface area contributed by atoms with Gasteiger partial charge in [0, 0.05) is 12.7 Å². The fourth-order valence-corrected chi connectivity index (χ4v) is 2.54. The average molecular weight is 375 g/mol. The van der Waals surface area contributed by atoms with Gasteiger partial charge in [0.1, 0.15) is 11.7 Å². The minimum absolute atomic E-state index is 0. The van der Waals surface area contributed by atoms with Crippen LogP contribution < -0.4 is 10.6 Å². The van der Waals surface area contributed by atoms with Gasteiger partial charge in [-0.05, 0) is 25.5 Å². The van der Waals surface area contributed by atoms with Gasteiger partial charge in [-0.25, -0.2) is 4.79 Å². The highest BCUT2D eigenvalue weighted by molar-refractivity contribution is 5.96. The topological polar surface area (TPSA) is 112 Å². The number of nitrogens with zero attached hydrogens (tertiary/aromatic N) is 2. The zero-order valence-corrected chi connectivity index (χ0v) is 15.0. The summed E-state index contributed by atoms with van der Waals surface area (Å²) in [5.74, 6) is -1.88. The molecule has 2 heterocycles. The number of halogens is 1. The largest absolute Gasteiger partial charge is 0.469 e. The summed E-state index contributed by atoms with van der Waals surface area (Å²) in [6.45, 7) is 1.79. The predicted octanol–water partition coefficient (Wildman–Crippen LogP) is 0.0639. The van der Waals surface area contributed by atoms with Crippen LogP contribution in [0.2, 0.25) is 0 Å². The normalized spacial score (nSPS) is 17.8. The molecule has 2 atom stereocenters. The first kappa shape index (κ1) is 20.9. The molecule has 0 aromatic carbocycles. The Hall–Kier alpha value is -2.13. The Balaban J connectivity index is 0.00000312. The summed E-state index contributed by atoms with van der Waals surface area (Å²) in [6, 6.07) is 0.666. The Morgan fingerprint density at radius 2 is 2.16 bits per heavy atom. The summed E-state index contributed by atoms with van der Waals surface area (Å²) in [6.07, 6.45) is 3.47. The van der Waals surface area contributed by atoms with Crippen molar-refractivity contribution < 1.29 is 23.9 Å². The van der Waals surface area contributed by atoms with Gasteiger partial charge in [0.15, 0.2) is 0 Å². The number of ether oxygens (including phenoxy) is 2. The number of nitrogens with one attached hydrogen (secondary N) is 2. The summed E-state index contributed by atoms with van der Waals surface area (Å²) in [5, 5.41) is 10.0. The molecule has 1 saturated heterocycles. The lowest BCUT2D eigenvalue weighted by molar-refractivity contribution is -0.149. The molecule has 1 aromatic rings. The van der Waals surface area contributed by atoms with Gasteiger partial charge in [0.2, 0.25) is 0 Å². The highest BCUT2D eigenvalue weighted by Gasteiger charge is 2.27. The summed E-state index contributed by atoms with van der Waals surface area (Å²) >= 11 is 0. The van der Waals surface area contributed by atoms with Crippen molar-refractivity contribution >= 4 is 30.3 Å². The molecule has 140 valence electrons. The van der Waals surface area contributed by atoms with E-state index in [1.54, 1.807) is 16.9 Å². The Bertz CT molecular complexity index is 600. The van der Waals surface area contributed by atoms with Crippen molar-refractivity contribution in [2.75, 3.05) is 27.3 Å². The number of carbonyl (C=O) groups excluding carboxylic acids is 3. The van der Waals surface area contributed by atoms with E-state index in [4.69, 9.17) is 0 Å². The molecule has 9 nitrogen and oxygen atoms in total. The molecule has 0 aliphatic carbocycles. The minimum atomic E-state index is -1.11. The molecule has 25 heavy (non-hydrogen) atoms. The molecule has 0 spiro atoms. The number of methoxy groups -OCH3 is 2. The van der Waals surface area contributed by atoms with Gasteiger partial charge < -0.3 is 20.1 Å². The van der Waals surface area contributed by atoms with Crippen molar-refractivity contribution in [2.45, 2.75) is 31.3 Å². The number of rotatable bonds is 6. The second-order valence-electron chi connectivity index (χ2n) is 5.51. The molecule has 0 radical (unpaired) electrons. The van der Waals surface area contributed by atoms with Crippen molar-refractivity contribution in [3.63, 3.8) is 0 Å². The lowest BCUT2D eigenvalue weighted by atomic mass is 10.1. The van der Waals surface area contributed by atoms with E-state index >= 15 is 0 Å². The Morgan fingerprint density at radius 1 is 1.40 bits per heavy atom. The van der Waals surface area contributed by atoms with Crippen molar-refractivity contribution in [2.24, 2.45) is 0 Å². The standard InChI is InChI=1S/C15H22N4O5.ClH/c1-23-13(20)8-12(15(22)24-2)17-14(21)11-5-7-19(18-11)10-4-3-6-16-9-10;/h5,7,10,12,16H,3-4,6,8-9H2,1-2H3,(H,17,21);1H. The van der Waals surface area contributed by atoms with Crippen LogP contribution in [-0.4, -0.2) is 61.0 Å². The maximum atomic E-state index is 12.3. The maximum Gasteiger partial charge on any atom is 0.328 e. The summed E-state index contributed by atoms with van der Waals surface area (Å²) < 4.78 is 10.9. The van der Waals surface area contributed by atoms with E-state index in [-0.39, 0.29) is 30.6 Å². The molecule has 2 N–H and O–H groups in total. The van der Waals surface area contributed by atoms with Crippen LogP contribution in [0, 0.1) is 0 Å². The third-order valence-corrected chi connectivity index (χ3v) is 3.88. The van der Waals surface area contributed by atoms with Crippen LogP contribution in [0.1, 0.15) is 35.8 Å². The van der Waals surface area contributed by atoms with Crippen LogP contribution >= 0.6 is 12.4 Å². The van der Waals surface area contributed by atoms with Crippen LogP contribution in [-0.2, 0) is 19.1 Å². The molecular weight excluding hydrogens is 352 g/mol. The van der Waals surface area contributed by atoms with E-state index in [1.165, 1.54) is 14.2 Å². The number of hydrogen-bond donors (Lipinski definition) is 2. The van der Waals surface area contributed by atoms with Crippen LogP contribution in [0.5, 0.6) is 0 Å². The van der Waals surface area contributed by atoms with Gasteiger partial charge in [-0.15, -0.1) is 12.4 Å². The fourth-order valence-electron chi connectivity index (χ4n) is 2.54. The number of amides is 1. The molecule has 1 amide bonds. The molecule has 1 aromatic heterocycles. The Morgan fingerprint density at radius 3 is 2.76 bits per heavy atom. The van der Waals surface area contributed by atoms with Crippen LogP contribution in [0.3, 0.4) is 0 Å². The second-order valence-corrected chi connectivity index (χ2v) is 5.51. The van der Waals surface area contributed by atoms with E-state index in [0.717, 1.165) is 25.9 Å². The monoisotopic (exact) mass is 374 g/mol. The predicted molar refractivity (Wildman–Crippen MR) is 90.5 cm³/mol. The first-order valence-corrected chi connectivity index (χ1v) is 7.76. The van der Waals surface area contributed by atoms with Crippen LogP contribution in [0.4, 0.5) is 0 Å². The molecule has 0 saturated carbocycles. The smallest absolute Gasteiger partial charge is 0.328 e. The van der Waals surface area contributed by atoms with Crippen molar-refractivity contribution in [3.8, 4) is 0 Å². The third-order valence-electron chi connectivity index (χ3n) is 3.88. The number of piperidine rings is 1. The summed E-state index contributed by atoms with van der Waals surface area (Å²) in [5.41, 5.74) is 0.180. The molecule has 1 aliphatic rings.